The van der Waals surface area contributed by atoms with Gasteiger partial charge in [-0.3, -0.25) is 10.1 Å². The molecule has 0 aliphatic heterocycles. The average Bonchev–Trinajstić information content (AvgIpc) is 3.24. The van der Waals surface area contributed by atoms with Crippen LogP contribution >= 0.6 is 27.7 Å². The van der Waals surface area contributed by atoms with E-state index < -0.39 is 11.5 Å². The first-order valence-corrected chi connectivity index (χ1v) is 9.03. The van der Waals surface area contributed by atoms with Gasteiger partial charge in [0.1, 0.15) is 5.54 Å². The van der Waals surface area contributed by atoms with E-state index in [2.05, 4.69) is 26.2 Å². The van der Waals surface area contributed by atoms with Gasteiger partial charge < -0.3 is 5.11 Å². The van der Waals surface area contributed by atoms with E-state index in [4.69, 9.17) is 0 Å². The lowest BCUT2D eigenvalue weighted by molar-refractivity contribution is -0.144. The molecule has 0 saturated heterocycles. The van der Waals surface area contributed by atoms with Gasteiger partial charge in [0, 0.05) is 16.7 Å². The zero-order valence-electron chi connectivity index (χ0n) is 12.1. The van der Waals surface area contributed by atoms with E-state index in [1.54, 1.807) is 24.9 Å². The molecule has 6 heteroatoms. The number of hydrogen-bond acceptors (Lipinski definition) is 4. The van der Waals surface area contributed by atoms with Gasteiger partial charge in [0.05, 0.1) is 5.03 Å². The number of thioether (sulfide) groups is 1. The van der Waals surface area contributed by atoms with Gasteiger partial charge in [-0.05, 0) is 66.4 Å². The lowest BCUT2D eigenvalue weighted by Crippen LogP contribution is -2.50. The number of aromatic nitrogens is 1. The minimum atomic E-state index is -0.776. The molecule has 1 aromatic heterocycles. The summed E-state index contributed by atoms with van der Waals surface area (Å²) in [4.78, 5) is 15.7. The third-order valence-corrected chi connectivity index (χ3v) is 5.09. The van der Waals surface area contributed by atoms with Crippen molar-refractivity contribution < 1.29 is 9.90 Å². The fourth-order valence-electron chi connectivity index (χ4n) is 2.12. The van der Waals surface area contributed by atoms with Crippen molar-refractivity contribution in [3.63, 3.8) is 0 Å². The van der Waals surface area contributed by atoms with Crippen molar-refractivity contribution in [1.29, 1.82) is 0 Å². The second-order valence-corrected chi connectivity index (χ2v) is 7.71. The minimum Gasteiger partial charge on any atom is -0.480 e. The van der Waals surface area contributed by atoms with Crippen LogP contribution in [-0.4, -0.2) is 33.4 Å². The van der Waals surface area contributed by atoms with Gasteiger partial charge >= 0.3 is 5.97 Å². The van der Waals surface area contributed by atoms with Crippen molar-refractivity contribution in [1.82, 2.24) is 10.3 Å². The highest BCUT2D eigenvalue weighted by Crippen LogP contribution is 2.26. The molecule has 0 spiro atoms. The molecule has 1 saturated carbocycles. The Labute approximate surface area is 138 Å². The number of unbranched alkanes of at least 4 members (excludes halogenated alkanes) is 1. The van der Waals surface area contributed by atoms with Gasteiger partial charge in [0.15, 0.2) is 0 Å². The Kier molecular flexibility index (Phi) is 6.08. The maximum atomic E-state index is 11.4. The van der Waals surface area contributed by atoms with Crippen molar-refractivity contribution in [2.75, 3.05) is 5.75 Å². The summed E-state index contributed by atoms with van der Waals surface area (Å²) >= 11 is 5.08. The number of nitrogens with zero attached hydrogens (tertiary/aromatic N) is 1. The molecule has 0 aromatic carbocycles. The van der Waals surface area contributed by atoms with E-state index in [1.165, 1.54) is 0 Å². The number of nitrogens with one attached hydrogen (secondary N) is 1. The van der Waals surface area contributed by atoms with Crippen LogP contribution in [0.3, 0.4) is 0 Å². The lowest BCUT2D eigenvalue weighted by atomic mass is 9.95. The third kappa shape index (κ3) is 5.60. The Balaban J connectivity index is 1.67. The summed E-state index contributed by atoms with van der Waals surface area (Å²) in [5.74, 6) is 0.227. The molecule has 1 atom stereocenters. The molecule has 2 N–H and O–H groups in total. The van der Waals surface area contributed by atoms with E-state index in [1.807, 2.05) is 12.1 Å². The third-order valence-electron chi connectivity index (χ3n) is 3.59. The van der Waals surface area contributed by atoms with Crippen LogP contribution in [-0.2, 0) is 4.79 Å². The number of carboxylic acids is 1. The number of carboxylic acid groups (broad SMARTS) is 1. The van der Waals surface area contributed by atoms with Crippen LogP contribution in [0.5, 0.6) is 0 Å². The summed E-state index contributed by atoms with van der Waals surface area (Å²) in [5, 5.41) is 13.7. The predicted molar refractivity (Wildman–Crippen MR) is 88.7 cm³/mol. The van der Waals surface area contributed by atoms with Crippen molar-refractivity contribution in [2.24, 2.45) is 0 Å². The molecule has 21 heavy (non-hydrogen) atoms. The summed E-state index contributed by atoms with van der Waals surface area (Å²) in [6, 6.07) is 4.38. The van der Waals surface area contributed by atoms with E-state index in [9.17, 15) is 9.90 Å². The van der Waals surface area contributed by atoms with Crippen LogP contribution < -0.4 is 5.32 Å². The number of carbonyl (C=O) groups is 1. The molecule has 1 aliphatic carbocycles. The molecule has 1 unspecified atom stereocenters. The predicted octanol–water partition coefficient (Wildman–Crippen LogP) is 3.70. The van der Waals surface area contributed by atoms with Gasteiger partial charge in [-0.1, -0.05) is 6.42 Å². The van der Waals surface area contributed by atoms with Gasteiger partial charge in [-0.15, -0.1) is 11.8 Å². The molecular formula is C15H21BrN2O2S. The highest BCUT2D eigenvalue weighted by atomic mass is 79.9. The highest BCUT2D eigenvalue weighted by Gasteiger charge is 2.37. The summed E-state index contributed by atoms with van der Waals surface area (Å²) in [6.07, 6.45) is 6.59. The standard InChI is InChI=1S/C15H21BrN2O2S/c1-15(14(19)20,18-12-5-6-12)8-2-3-9-21-13-7-4-11(16)10-17-13/h4,7,10,12,18H,2-3,5-6,8-9H2,1H3,(H,19,20). The Morgan fingerprint density at radius 3 is 2.86 bits per heavy atom. The summed E-state index contributed by atoms with van der Waals surface area (Å²) in [6.45, 7) is 1.80. The smallest absolute Gasteiger partial charge is 0.323 e. The zero-order valence-corrected chi connectivity index (χ0v) is 14.5. The highest BCUT2D eigenvalue weighted by molar-refractivity contribution is 9.10. The molecule has 0 bridgehead atoms. The molecule has 0 amide bonds. The molecule has 1 fully saturated rings. The van der Waals surface area contributed by atoms with Crippen LogP contribution in [0, 0.1) is 0 Å². The maximum Gasteiger partial charge on any atom is 0.323 e. The molecule has 1 heterocycles. The molecule has 1 aromatic rings. The van der Waals surface area contributed by atoms with Gasteiger partial charge in [0.2, 0.25) is 0 Å². The van der Waals surface area contributed by atoms with Crippen LogP contribution in [0.15, 0.2) is 27.8 Å². The Morgan fingerprint density at radius 2 is 2.29 bits per heavy atom. The topological polar surface area (TPSA) is 62.2 Å². The van der Waals surface area contributed by atoms with E-state index in [-0.39, 0.29) is 0 Å². The number of rotatable bonds is 9. The van der Waals surface area contributed by atoms with Gasteiger partial charge in [-0.2, -0.15) is 0 Å². The quantitative estimate of drug-likeness (QED) is 0.511. The first-order valence-electron chi connectivity index (χ1n) is 7.25. The van der Waals surface area contributed by atoms with Crippen LogP contribution in [0.2, 0.25) is 0 Å². The largest absolute Gasteiger partial charge is 0.480 e. The Hall–Kier alpha value is -0.590. The van der Waals surface area contributed by atoms with Crippen molar-refractivity contribution in [3.8, 4) is 0 Å². The number of pyridine rings is 1. The van der Waals surface area contributed by atoms with Crippen molar-refractivity contribution >= 4 is 33.7 Å². The number of hydrogen-bond donors (Lipinski definition) is 2. The fraction of sp³-hybridized carbons (Fsp3) is 0.600. The molecule has 0 radical (unpaired) electrons. The maximum absolute atomic E-state index is 11.4. The fourth-order valence-corrected chi connectivity index (χ4v) is 3.21. The van der Waals surface area contributed by atoms with Crippen LogP contribution in [0.1, 0.15) is 39.0 Å². The number of aliphatic carboxylic acids is 1. The van der Waals surface area contributed by atoms with Gasteiger partial charge in [-0.25, -0.2) is 4.98 Å². The number of halogens is 1. The zero-order chi connectivity index (χ0) is 15.3. The Bertz CT molecular complexity index is 479. The normalized spacial score (nSPS) is 17.4. The minimum absolute atomic E-state index is 0.410. The Morgan fingerprint density at radius 1 is 1.52 bits per heavy atom. The summed E-state index contributed by atoms with van der Waals surface area (Å²) in [5.41, 5.74) is -0.776. The second kappa shape index (κ2) is 7.61. The second-order valence-electron chi connectivity index (χ2n) is 5.68. The molecule has 4 nitrogen and oxygen atoms in total. The summed E-state index contributed by atoms with van der Waals surface area (Å²) < 4.78 is 0.982. The molecule has 1 aliphatic rings. The van der Waals surface area contributed by atoms with E-state index in [0.717, 1.165) is 40.9 Å². The summed E-state index contributed by atoms with van der Waals surface area (Å²) in [7, 11) is 0. The van der Waals surface area contributed by atoms with Crippen LogP contribution in [0.25, 0.3) is 0 Å². The van der Waals surface area contributed by atoms with Crippen molar-refractivity contribution in [3.05, 3.63) is 22.8 Å². The molecule has 2 rings (SSSR count). The molecule has 116 valence electrons. The lowest BCUT2D eigenvalue weighted by Gasteiger charge is -2.26. The van der Waals surface area contributed by atoms with Crippen LogP contribution in [0.4, 0.5) is 0 Å². The first kappa shape index (κ1) is 16.8. The van der Waals surface area contributed by atoms with Gasteiger partial charge in [0.25, 0.3) is 0 Å². The van der Waals surface area contributed by atoms with E-state index >= 15 is 0 Å². The monoisotopic (exact) mass is 372 g/mol. The average molecular weight is 373 g/mol. The molecular weight excluding hydrogens is 352 g/mol. The van der Waals surface area contributed by atoms with E-state index in [0.29, 0.717) is 12.5 Å². The SMILES string of the molecule is CC(CCCCSc1ccc(Br)cn1)(NC1CC1)C(=O)O. The first-order chi connectivity index (χ1) is 9.99. The van der Waals surface area contributed by atoms with Crippen molar-refractivity contribution in [2.45, 2.75) is 55.6 Å².